The average Bonchev–Trinajstić information content (AvgIpc) is 2.56. The highest BCUT2D eigenvalue weighted by atomic mass is 79.9. The quantitative estimate of drug-likeness (QED) is 0.736. The molecule has 118 valence electrons. The molecule has 10 heteroatoms. The van der Waals surface area contributed by atoms with Crippen molar-refractivity contribution < 1.29 is 21.2 Å². The van der Waals surface area contributed by atoms with Crippen LogP contribution < -0.4 is 10.5 Å². The molecule has 1 aromatic carbocycles. The number of sulfonamides is 1. The molecule has 21 heavy (non-hydrogen) atoms. The summed E-state index contributed by atoms with van der Waals surface area (Å²) in [5, 5.41) is 0. The highest BCUT2D eigenvalue weighted by molar-refractivity contribution is 9.10. The Hall–Kier alpha value is -0.710. The maximum Gasteiger partial charge on any atom is 0.244 e. The van der Waals surface area contributed by atoms with Gasteiger partial charge in [0.05, 0.1) is 16.0 Å². The van der Waals surface area contributed by atoms with Crippen molar-refractivity contribution >= 4 is 41.5 Å². The third-order valence-electron chi connectivity index (χ3n) is 3.19. The summed E-state index contributed by atoms with van der Waals surface area (Å²) in [4.78, 5) is -0.611. The molecule has 0 spiro atoms. The van der Waals surface area contributed by atoms with E-state index in [1.54, 1.807) is 0 Å². The zero-order valence-electron chi connectivity index (χ0n) is 11.1. The number of halogens is 2. The van der Waals surface area contributed by atoms with Gasteiger partial charge in [-0.3, -0.25) is 0 Å². The number of rotatable bonds is 3. The maximum atomic E-state index is 14.0. The zero-order chi connectivity index (χ0) is 16.1. The van der Waals surface area contributed by atoms with E-state index in [0.717, 1.165) is 6.07 Å². The van der Waals surface area contributed by atoms with E-state index in [-0.39, 0.29) is 28.1 Å². The molecule has 1 saturated heterocycles. The molecule has 1 aliphatic rings. The summed E-state index contributed by atoms with van der Waals surface area (Å²) >= 11 is 2.89. The van der Waals surface area contributed by atoms with Crippen LogP contribution in [-0.4, -0.2) is 33.9 Å². The Labute approximate surface area is 131 Å². The number of hydrogen-bond donors (Lipinski definition) is 2. The summed E-state index contributed by atoms with van der Waals surface area (Å²) in [7, 11) is -7.52. The van der Waals surface area contributed by atoms with Gasteiger partial charge < -0.3 is 5.73 Å². The van der Waals surface area contributed by atoms with E-state index < -0.39 is 36.1 Å². The molecule has 6 nitrogen and oxygen atoms in total. The Bertz CT molecular complexity index is 795. The number of hydrogen-bond acceptors (Lipinski definition) is 5. The van der Waals surface area contributed by atoms with E-state index in [0.29, 0.717) is 0 Å². The lowest BCUT2D eigenvalue weighted by molar-refractivity contribution is 0.458. The summed E-state index contributed by atoms with van der Waals surface area (Å²) in [5.41, 5.74) is 4.45. The smallest absolute Gasteiger partial charge is 0.244 e. The molecule has 3 N–H and O–H groups in total. The van der Waals surface area contributed by atoms with Gasteiger partial charge in [-0.15, -0.1) is 0 Å². The Morgan fingerprint density at radius 1 is 1.43 bits per heavy atom. The lowest BCUT2D eigenvalue weighted by Crippen LogP contribution is -2.47. The number of nitrogens with one attached hydrogen (secondary N) is 1. The van der Waals surface area contributed by atoms with Gasteiger partial charge in [-0.05, 0) is 41.4 Å². The second-order valence-electron chi connectivity index (χ2n) is 5.32. The van der Waals surface area contributed by atoms with Gasteiger partial charge in [0, 0.05) is 11.2 Å². The van der Waals surface area contributed by atoms with Gasteiger partial charge in [0.15, 0.2) is 15.7 Å². The lowest BCUT2D eigenvalue weighted by atomic mass is 10.0. The largest absolute Gasteiger partial charge is 0.399 e. The molecule has 1 atom stereocenters. The van der Waals surface area contributed by atoms with Gasteiger partial charge in [0.1, 0.15) is 4.90 Å². The van der Waals surface area contributed by atoms with Gasteiger partial charge in [0.2, 0.25) is 10.0 Å². The third-order valence-corrected chi connectivity index (χ3v) is 7.31. The van der Waals surface area contributed by atoms with Crippen LogP contribution in [0.25, 0.3) is 0 Å². The van der Waals surface area contributed by atoms with Crippen LogP contribution in [0, 0.1) is 5.82 Å². The molecular weight excluding hydrogens is 387 g/mol. The van der Waals surface area contributed by atoms with Crippen molar-refractivity contribution in [3.8, 4) is 0 Å². The Kier molecular flexibility index (Phi) is 4.11. The molecule has 0 aliphatic carbocycles. The molecule has 1 fully saturated rings. The first-order valence-electron chi connectivity index (χ1n) is 5.93. The van der Waals surface area contributed by atoms with Crippen LogP contribution in [-0.2, 0) is 19.9 Å². The number of nitrogen functional groups attached to an aromatic ring is 1. The molecule has 1 aliphatic heterocycles. The van der Waals surface area contributed by atoms with E-state index in [4.69, 9.17) is 5.73 Å². The first-order chi connectivity index (χ1) is 9.44. The van der Waals surface area contributed by atoms with Crippen molar-refractivity contribution in [2.45, 2.75) is 23.8 Å². The number of nitrogens with two attached hydrogens (primary N) is 1. The average molecular weight is 401 g/mol. The second kappa shape index (κ2) is 5.18. The summed E-state index contributed by atoms with van der Waals surface area (Å²) in [6, 6.07) is 2.24. The minimum absolute atomic E-state index is 0.0767. The van der Waals surface area contributed by atoms with Gasteiger partial charge in [-0.25, -0.2) is 25.9 Å². The van der Waals surface area contributed by atoms with Crippen LogP contribution in [0.15, 0.2) is 21.5 Å². The molecule has 0 aromatic heterocycles. The van der Waals surface area contributed by atoms with Crippen molar-refractivity contribution in [2.24, 2.45) is 0 Å². The normalized spacial score (nSPS) is 25.1. The SMILES string of the molecule is CC1(NS(=O)(=O)c2cc(N)cc(Br)c2F)CCS(=O)(=O)C1. The molecule has 1 aromatic rings. The highest BCUT2D eigenvalue weighted by Crippen LogP contribution is 2.29. The van der Waals surface area contributed by atoms with Gasteiger partial charge in [-0.2, -0.15) is 0 Å². The van der Waals surface area contributed by atoms with E-state index in [1.165, 1.54) is 13.0 Å². The molecular formula is C11H14BrFN2O4S2. The fourth-order valence-electron chi connectivity index (χ4n) is 2.25. The van der Waals surface area contributed by atoms with Crippen molar-refractivity contribution in [2.75, 3.05) is 17.2 Å². The number of benzene rings is 1. The molecule has 0 amide bonds. The van der Waals surface area contributed by atoms with Crippen molar-refractivity contribution in [1.29, 1.82) is 0 Å². The van der Waals surface area contributed by atoms with E-state index in [1.807, 2.05) is 0 Å². The van der Waals surface area contributed by atoms with Crippen LogP contribution in [0.3, 0.4) is 0 Å². The van der Waals surface area contributed by atoms with Crippen molar-refractivity contribution in [3.63, 3.8) is 0 Å². The second-order valence-corrected chi connectivity index (χ2v) is 10.0. The predicted molar refractivity (Wildman–Crippen MR) is 80.5 cm³/mol. The number of anilines is 1. The highest BCUT2D eigenvalue weighted by Gasteiger charge is 2.42. The van der Waals surface area contributed by atoms with Gasteiger partial charge in [0.25, 0.3) is 0 Å². The molecule has 0 saturated carbocycles. The summed E-state index contributed by atoms with van der Waals surface area (Å²) in [6.45, 7) is 1.48. The predicted octanol–water partition coefficient (Wildman–Crippen LogP) is 1.03. The van der Waals surface area contributed by atoms with Crippen molar-refractivity contribution in [3.05, 3.63) is 22.4 Å². The fourth-order valence-corrected chi connectivity index (χ4v) is 6.61. The van der Waals surface area contributed by atoms with Crippen LogP contribution in [0.1, 0.15) is 13.3 Å². The van der Waals surface area contributed by atoms with Crippen LogP contribution in [0.5, 0.6) is 0 Å². The first-order valence-corrected chi connectivity index (χ1v) is 10.0. The standard InChI is InChI=1S/C11H14BrFN2O4S2/c1-11(2-3-20(16,17)6-11)15-21(18,19)9-5-7(14)4-8(12)10(9)13/h4-5,15H,2-3,6,14H2,1H3. The Morgan fingerprint density at radius 3 is 2.57 bits per heavy atom. The molecule has 0 bridgehead atoms. The minimum atomic E-state index is -4.23. The monoisotopic (exact) mass is 400 g/mol. The van der Waals surface area contributed by atoms with E-state index >= 15 is 0 Å². The van der Waals surface area contributed by atoms with Crippen molar-refractivity contribution in [1.82, 2.24) is 4.72 Å². The number of sulfone groups is 1. The van der Waals surface area contributed by atoms with E-state index in [9.17, 15) is 21.2 Å². The summed E-state index contributed by atoms with van der Waals surface area (Å²) in [6.07, 6.45) is 0.139. The summed E-state index contributed by atoms with van der Waals surface area (Å²) in [5.74, 6) is -1.39. The minimum Gasteiger partial charge on any atom is -0.399 e. The third kappa shape index (κ3) is 3.55. The zero-order valence-corrected chi connectivity index (χ0v) is 14.3. The molecule has 1 heterocycles. The maximum absolute atomic E-state index is 14.0. The van der Waals surface area contributed by atoms with Gasteiger partial charge >= 0.3 is 0 Å². The Morgan fingerprint density at radius 2 is 2.05 bits per heavy atom. The van der Waals surface area contributed by atoms with Crippen LogP contribution in [0.4, 0.5) is 10.1 Å². The topological polar surface area (TPSA) is 106 Å². The van der Waals surface area contributed by atoms with Gasteiger partial charge in [-0.1, -0.05) is 0 Å². The molecule has 0 radical (unpaired) electrons. The molecule has 1 unspecified atom stereocenters. The first kappa shape index (κ1) is 16.7. The van der Waals surface area contributed by atoms with Crippen LogP contribution >= 0.6 is 15.9 Å². The van der Waals surface area contributed by atoms with E-state index in [2.05, 4.69) is 20.7 Å². The molecule has 2 rings (SSSR count). The lowest BCUT2D eigenvalue weighted by Gasteiger charge is -2.23. The Balaban J connectivity index is 2.41. The van der Waals surface area contributed by atoms with Crippen LogP contribution in [0.2, 0.25) is 0 Å². The summed E-state index contributed by atoms with van der Waals surface area (Å²) < 4.78 is 63.8. The fraction of sp³-hybridized carbons (Fsp3) is 0.455.